The summed E-state index contributed by atoms with van der Waals surface area (Å²) in [5, 5.41) is 10.9. The number of ether oxygens (including phenoxy) is 1. The van der Waals surface area contributed by atoms with Crippen molar-refractivity contribution in [2.75, 3.05) is 20.2 Å². The smallest absolute Gasteiger partial charge is 0.161 e. The van der Waals surface area contributed by atoms with Crippen molar-refractivity contribution in [3.05, 3.63) is 35.9 Å². The monoisotopic (exact) mass is 327 g/mol. The molecule has 3 unspecified atom stereocenters. The maximum Gasteiger partial charge on any atom is 0.161 e. The Hall–Kier alpha value is -1.81. The summed E-state index contributed by atoms with van der Waals surface area (Å²) in [6, 6.07) is 4.36. The van der Waals surface area contributed by atoms with Gasteiger partial charge < -0.3 is 9.84 Å². The summed E-state index contributed by atoms with van der Waals surface area (Å²) in [5.74, 6) is 1.53. The van der Waals surface area contributed by atoms with Crippen molar-refractivity contribution in [1.29, 1.82) is 0 Å². The topological polar surface area (TPSA) is 49.8 Å². The van der Waals surface area contributed by atoms with E-state index >= 15 is 0 Å². The number of likely N-dealkylation sites (tertiary alicyclic amines) is 1. The van der Waals surface area contributed by atoms with Gasteiger partial charge in [0.05, 0.1) is 7.11 Å². The van der Waals surface area contributed by atoms with Gasteiger partial charge in [-0.05, 0) is 43.4 Å². The molecule has 4 nitrogen and oxygen atoms in total. The van der Waals surface area contributed by atoms with E-state index in [-0.39, 0.29) is 11.2 Å². The van der Waals surface area contributed by atoms with Crippen LogP contribution in [0.15, 0.2) is 24.8 Å². The molecule has 1 saturated carbocycles. The fraction of sp³-hybridized carbons (Fsp3) is 0.550. The SMILES string of the molecule is C=CCN1CCC23CC(=O)CCC2C1Cc1ccc(OC)c(O)c13. The van der Waals surface area contributed by atoms with Crippen molar-refractivity contribution in [3.8, 4) is 11.5 Å². The number of piperidine rings is 1. The lowest BCUT2D eigenvalue weighted by molar-refractivity contribution is -0.127. The standard InChI is InChI=1S/C20H25NO3/c1-3-9-21-10-8-20-12-14(22)5-6-15(20)16(21)11-13-4-7-17(24-2)19(23)18(13)20/h3-4,7,15-16,23H,1,5-6,8-12H2,2H3. The number of phenols is 1. The summed E-state index contributed by atoms with van der Waals surface area (Å²) in [5.41, 5.74) is 1.96. The molecule has 0 amide bonds. The molecule has 0 spiro atoms. The molecule has 3 aliphatic rings. The number of Topliss-reactive ketones (excluding diaryl/α,β-unsaturated/α-hetero) is 1. The molecule has 1 saturated heterocycles. The van der Waals surface area contributed by atoms with Crippen LogP contribution < -0.4 is 4.74 Å². The van der Waals surface area contributed by atoms with Crippen LogP contribution in [0.3, 0.4) is 0 Å². The quantitative estimate of drug-likeness (QED) is 0.868. The minimum absolute atomic E-state index is 0.218. The second-order valence-electron chi connectivity index (χ2n) is 7.47. The van der Waals surface area contributed by atoms with E-state index in [0.717, 1.165) is 37.9 Å². The minimum Gasteiger partial charge on any atom is -0.504 e. The van der Waals surface area contributed by atoms with Crippen LogP contribution in [0.2, 0.25) is 0 Å². The van der Waals surface area contributed by atoms with Gasteiger partial charge in [-0.2, -0.15) is 0 Å². The van der Waals surface area contributed by atoms with E-state index in [1.54, 1.807) is 7.11 Å². The van der Waals surface area contributed by atoms with Gasteiger partial charge in [0, 0.05) is 36.4 Å². The first-order chi connectivity index (χ1) is 11.6. The van der Waals surface area contributed by atoms with E-state index in [9.17, 15) is 9.90 Å². The van der Waals surface area contributed by atoms with Gasteiger partial charge in [0.25, 0.3) is 0 Å². The summed E-state index contributed by atoms with van der Waals surface area (Å²) >= 11 is 0. The summed E-state index contributed by atoms with van der Waals surface area (Å²) in [4.78, 5) is 14.9. The molecule has 4 heteroatoms. The Morgan fingerprint density at radius 2 is 2.33 bits per heavy atom. The molecule has 1 heterocycles. The lowest BCUT2D eigenvalue weighted by Crippen LogP contribution is -2.61. The zero-order valence-electron chi connectivity index (χ0n) is 14.3. The highest BCUT2D eigenvalue weighted by Crippen LogP contribution is 2.58. The first-order valence-corrected chi connectivity index (χ1v) is 8.86. The number of aromatic hydroxyl groups is 1. The van der Waals surface area contributed by atoms with Gasteiger partial charge in [-0.25, -0.2) is 0 Å². The Morgan fingerprint density at radius 1 is 1.50 bits per heavy atom. The van der Waals surface area contributed by atoms with E-state index in [1.165, 1.54) is 5.56 Å². The number of benzene rings is 1. The number of methoxy groups -OCH3 is 1. The van der Waals surface area contributed by atoms with Crippen LogP contribution in [-0.4, -0.2) is 42.0 Å². The number of carbonyl (C=O) groups is 1. The molecule has 3 atom stereocenters. The van der Waals surface area contributed by atoms with Gasteiger partial charge in [-0.3, -0.25) is 9.69 Å². The zero-order valence-corrected chi connectivity index (χ0v) is 14.3. The van der Waals surface area contributed by atoms with Gasteiger partial charge in [0.1, 0.15) is 5.78 Å². The number of carbonyl (C=O) groups excluding carboxylic acids is 1. The fourth-order valence-electron chi connectivity index (χ4n) is 5.55. The second kappa shape index (κ2) is 5.62. The number of hydrogen-bond acceptors (Lipinski definition) is 4. The summed E-state index contributed by atoms with van der Waals surface area (Å²) in [7, 11) is 1.58. The molecule has 1 aromatic carbocycles. The molecule has 128 valence electrons. The third kappa shape index (κ3) is 2.05. The van der Waals surface area contributed by atoms with Crippen molar-refractivity contribution < 1.29 is 14.6 Å². The average Bonchev–Trinajstić information content (AvgIpc) is 2.57. The van der Waals surface area contributed by atoms with Crippen molar-refractivity contribution in [1.82, 2.24) is 4.90 Å². The Morgan fingerprint density at radius 3 is 3.08 bits per heavy atom. The van der Waals surface area contributed by atoms with Gasteiger partial charge in [0.15, 0.2) is 11.5 Å². The van der Waals surface area contributed by atoms with Crippen LogP contribution in [0.1, 0.15) is 36.8 Å². The molecule has 4 rings (SSSR count). The van der Waals surface area contributed by atoms with Crippen LogP contribution >= 0.6 is 0 Å². The number of nitrogens with zero attached hydrogens (tertiary/aromatic N) is 1. The van der Waals surface area contributed by atoms with Gasteiger partial charge >= 0.3 is 0 Å². The van der Waals surface area contributed by atoms with Crippen LogP contribution in [-0.2, 0) is 16.6 Å². The van der Waals surface area contributed by atoms with E-state index in [2.05, 4.69) is 17.5 Å². The van der Waals surface area contributed by atoms with Crippen LogP contribution in [0, 0.1) is 5.92 Å². The normalized spacial score (nSPS) is 32.0. The maximum absolute atomic E-state index is 12.4. The predicted molar refractivity (Wildman–Crippen MR) is 92.6 cm³/mol. The average molecular weight is 327 g/mol. The molecule has 2 bridgehead atoms. The van der Waals surface area contributed by atoms with Crippen LogP contribution in [0.4, 0.5) is 0 Å². The molecule has 2 aliphatic carbocycles. The summed E-state index contributed by atoms with van der Waals surface area (Å²) < 4.78 is 5.35. The number of rotatable bonds is 3. The number of hydrogen-bond donors (Lipinski definition) is 1. The number of ketones is 1. The Bertz CT molecular complexity index is 698. The second-order valence-corrected chi connectivity index (χ2v) is 7.47. The highest BCUT2D eigenvalue weighted by Gasteiger charge is 2.56. The molecule has 24 heavy (non-hydrogen) atoms. The van der Waals surface area contributed by atoms with Gasteiger partial charge in [-0.1, -0.05) is 12.1 Å². The molecule has 1 aromatic rings. The first-order valence-electron chi connectivity index (χ1n) is 8.86. The summed E-state index contributed by atoms with van der Waals surface area (Å²) in [6.45, 7) is 5.75. The van der Waals surface area contributed by atoms with E-state index in [0.29, 0.717) is 36.3 Å². The predicted octanol–water partition coefficient (Wildman–Crippen LogP) is 2.82. The van der Waals surface area contributed by atoms with Crippen LogP contribution in [0.25, 0.3) is 0 Å². The maximum atomic E-state index is 12.4. The van der Waals surface area contributed by atoms with Crippen molar-refractivity contribution in [2.24, 2.45) is 5.92 Å². The highest BCUT2D eigenvalue weighted by atomic mass is 16.5. The third-order valence-corrected chi connectivity index (χ3v) is 6.47. The van der Waals surface area contributed by atoms with Gasteiger partial charge in [0.2, 0.25) is 0 Å². The molecule has 1 aliphatic heterocycles. The van der Waals surface area contributed by atoms with Gasteiger partial charge in [-0.15, -0.1) is 6.58 Å². The molecule has 2 fully saturated rings. The highest BCUT2D eigenvalue weighted by molar-refractivity contribution is 5.82. The fourth-order valence-corrected chi connectivity index (χ4v) is 5.55. The van der Waals surface area contributed by atoms with Crippen molar-refractivity contribution >= 4 is 5.78 Å². The largest absolute Gasteiger partial charge is 0.504 e. The lowest BCUT2D eigenvalue weighted by atomic mass is 9.52. The Kier molecular flexibility index (Phi) is 3.68. The molecule has 0 radical (unpaired) electrons. The first kappa shape index (κ1) is 15.7. The minimum atomic E-state index is -0.218. The molecular weight excluding hydrogens is 302 g/mol. The van der Waals surface area contributed by atoms with E-state index < -0.39 is 0 Å². The lowest BCUT2D eigenvalue weighted by Gasteiger charge is -2.58. The third-order valence-electron chi connectivity index (χ3n) is 6.47. The van der Waals surface area contributed by atoms with E-state index in [1.807, 2.05) is 12.1 Å². The summed E-state index contributed by atoms with van der Waals surface area (Å²) in [6.07, 6.45) is 5.98. The molecule has 0 aromatic heterocycles. The molecule has 1 N–H and O–H groups in total. The number of phenolic OH excluding ortho intramolecular Hbond substituents is 1. The van der Waals surface area contributed by atoms with Crippen molar-refractivity contribution in [2.45, 2.75) is 43.6 Å². The van der Waals surface area contributed by atoms with Crippen LogP contribution in [0.5, 0.6) is 11.5 Å². The molecular formula is C20H25NO3. The van der Waals surface area contributed by atoms with Crippen molar-refractivity contribution in [3.63, 3.8) is 0 Å². The Balaban J connectivity index is 1.89. The zero-order chi connectivity index (χ0) is 16.9. The van der Waals surface area contributed by atoms with E-state index in [4.69, 9.17) is 4.74 Å². The number of fused-ring (bicyclic) bond motifs is 1. The Labute approximate surface area is 143 Å².